The van der Waals surface area contributed by atoms with Crippen molar-refractivity contribution in [3.8, 4) is 66.8 Å². The summed E-state index contributed by atoms with van der Waals surface area (Å²) >= 11 is 0.0718. The first kappa shape index (κ1) is 57.7. The summed E-state index contributed by atoms with van der Waals surface area (Å²) in [5, 5.41) is 1.01. The Morgan fingerprint density at radius 2 is 0.587 bits per heavy atom. The molecule has 0 spiro atoms. The van der Waals surface area contributed by atoms with Gasteiger partial charge in [-0.25, -0.2) is 0 Å². The zero-order valence-corrected chi connectivity index (χ0v) is 51.2. The van der Waals surface area contributed by atoms with Crippen molar-refractivity contribution in [2.45, 2.75) is 196 Å². The van der Waals surface area contributed by atoms with E-state index >= 15 is 0 Å². The third-order valence-electron chi connectivity index (χ3n) is 15.8. The van der Waals surface area contributed by atoms with Gasteiger partial charge in [-0.1, -0.05) is 0 Å². The molecule has 7 aromatic rings. The van der Waals surface area contributed by atoms with Crippen molar-refractivity contribution < 1.29 is 4.74 Å². The number of benzene rings is 7. The molecule has 0 saturated carbocycles. The van der Waals surface area contributed by atoms with Crippen LogP contribution in [0, 0.1) is 0 Å². The van der Waals surface area contributed by atoms with Gasteiger partial charge in [0.1, 0.15) is 0 Å². The summed E-state index contributed by atoms with van der Waals surface area (Å²) < 4.78 is 7.83. The van der Waals surface area contributed by atoms with Crippen molar-refractivity contribution in [3.63, 3.8) is 0 Å². The second-order valence-electron chi connectivity index (χ2n) is 24.1. The Morgan fingerprint density at radius 1 is 0.347 bits per heavy atom. The predicted octanol–water partition coefficient (Wildman–Crippen LogP) is 21.6. The molecule has 0 heterocycles. The average molecular weight is 1060 g/mol. The van der Waals surface area contributed by atoms with E-state index in [1.54, 1.807) is 0 Å². The Morgan fingerprint density at radius 3 is 0.813 bits per heavy atom. The topological polar surface area (TPSA) is 9.23 Å². The molecule has 7 rings (SSSR count). The second-order valence-corrected chi connectivity index (χ2v) is 26.2. The van der Waals surface area contributed by atoms with E-state index in [-0.39, 0.29) is 21.1 Å². The van der Waals surface area contributed by atoms with Crippen LogP contribution in [0.15, 0.2) is 127 Å². The predicted molar refractivity (Wildman–Crippen MR) is 332 cm³/mol. The zero-order chi connectivity index (χ0) is 54.4. The molecule has 0 aliphatic carbocycles. The van der Waals surface area contributed by atoms with Gasteiger partial charge in [0.2, 0.25) is 0 Å². The number of methoxy groups -OCH3 is 1. The molecule has 0 N–H and O–H groups in total. The third-order valence-corrected chi connectivity index (χ3v) is 18.4. The average Bonchev–Trinajstić information content (AvgIpc) is 3.39. The van der Waals surface area contributed by atoms with Crippen LogP contribution < -0.4 is 4.46 Å². The third kappa shape index (κ3) is 12.7. The number of hydrogen-bond acceptors (Lipinski definition) is 1. The molecule has 0 amide bonds. The first-order valence-corrected chi connectivity index (χ1v) is 31.0. The Kier molecular flexibility index (Phi) is 19.6. The molecule has 75 heavy (non-hydrogen) atoms. The molecule has 0 saturated heterocycles. The summed E-state index contributed by atoms with van der Waals surface area (Å²) in [5.74, 6) is 2.94. The van der Waals surface area contributed by atoms with E-state index in [4.69, 9.17) is 4.74 Å². The maximum atomic E-state index is 6.37. The van der Waals surface area contributed by atoms with E-state index in [0.29, 0.717) is 47.3 Å². The van der Waals surface area contributed by atoms with Crippen LogP contribution in [0.3, 0.4) is 0 Å². The van der Waals surface area contributed by atoms with Crippen LogP contribution in [-0.2, 0) is 4.74 Å². The molecule has 7 aromatic carbocycles. The van der Waals surface area contributed by atoms with E-state index in [2.05, 4.69) is 245 Å². The number of rotatable bonds is 21. The summed E-state index contributed by atoms with van der Waals surface area (Å²) in [7, 11) is 1.93. The summed E-state index contributed by atoms with van der Waals surface area (Å²) in [6.07, 6.45) is 3.61. The number of unbranched alkanes of at least 4 members (excludes halogenated alkanes) is 1. The standard InChI is InChI=1S/C73H92OSe/c1-19-20-26-58(74-18)43-75-73-67(52-37-54(69-59(44(2)3)27-21-28-60(69)45(4)5)41-55(38-52)70-61(46(6)7)29-22-30-62(70)47(8)9)35-25-36-68(73)53-39-56(71-63(48(10)11)31-23-32-64(71)49(12)13)42-57(40-53)72-65(50(14)15)33-24-34-66(72)51(16)17/h21-25,27-42,44-51,58H,19-20,26,43H2,1-18H3. The molecule has 1 unspecified atom stereocenters. The fourth-order valence-corrected chi connectivity index (χ4v) is 14.5. The molecule has 0 aliphatic rings. The van der Waals surface area contributed by atoms with E-state index in [1.807, 2.05) is 7.11 Å². The molecule has 1 atom stereocenters. The summed E-state index contributed by atoms with van der Waals surface area (Å²) in [5.41, 5.74) is 27.4. The molecule has 0 aromatic heterocycles. The Balaban J connectivity index is 1.66. The first-order chi connectivity index (χ1) is 35.8. The van der Waals surface area contributed by atoms with Gasteiger partial charge in [0, 0.05) is 0 Å². The van der Waals surface area contributed by atoms with Crippen molar-refractivity contribution >= 4 is 19.4 Å². The van der Waals surface area contributed by atoms with Crippen molar-refractivity contribution in [3.05, 3.63) is 172 Å². The van der Waals surface area contributed by atoms with Crippen LogP contribution in [0.4, 0.5) is 0 Å². The summed E-state index contributed by atoms with van der Waals surface area (Å²) in [6, 6.07) is 50.8. The van der Waals surface area contributed by atoms with Gasteiger partial charge in [0.05, 0.1) is 0 Å². The van der Waals surface area contributed by atoms with Gasteiger partial charge in [0.15, 0.2) is 0 Å². The van der Waals surface area contributed by atoms with Gasteiger partial charge in [-0.3, -0.25) is 0 Å². The molecule has 0 bridgehead atoms. The SMILES string of the molecule is CCCCC(C[Se]c1c(-c2cc(-c3c(C(C)C)cccc3C(C)C)cc(-c3c(C(C)C)cccc3C(C)C)c2)cccc1-c1cc(-c2c(C(C)C)cccc2C(C)C)cc(-c2c(C(C)C)cccc2C(C)C)c1)OC. The number of ether oxygens (including phenoxy) is 1. The van der Waals surface area contributed by atoms with Gasteiger partial charge in [-0.05, 0) is 0 Å². The molecule has 396 valence electrons. The van der Waals surface area contributed by atoms with Gasteiger partial charge in [-0.2, -0.15) is 0 Å². The van der Waals surface area contributed by atoms with Gasteiger partial charge >= 0.3 is 466 Å². The van der Waals surface area contributed by atoms with Gasteiger partial charge in [-0.15, -0.1) is 0 Å². The minimum atomic E-state index is 0.0718. The zero-order valence-electron chi connectivity index (χ0n) is 49.5. The molecular weight excluding hydrogens is 972 g/mol. The van der Waals surface area contributed by atoms with E-state index in [1.165, 1.54) is 129 Å². The van der Waals surface area contributed by atoms with Gasteiger partial charge < -0.3 is 0 Å². The van der Waals surface area contributed by atoms with E-state index in [0.717, 1.165) is 11.7 Å². The van der Waals surface area contributed by atoms with Crippen molar-refractivity contribution in [1.82, 2.24) is 0 Å². The summed E-state index contributed by atoms with van der Waals surface area (Å²) in [6.45, 7) is 40.1. The van der Waals surface area contributed by atoms with Crippen LogP contribution in [-0.4, -0.2) is 28.2 Å². The summed E-state index contributed by atoms with van der Waals surface area (Å²) in [4.78, 5) is 0. The molecule has 0 radical (unpaired) electrons. The van der Waals surface area contributed by atoms with Crippen LogP contribution in [0.25, 0.3) is 66.8 Å². The van der Waals surface area contributed by atoms with Crippen molar-refractivity contribution in [2.24, 2.45) is 0 Å². The molecule has 2 heteroatoms. The van der Waals surface area contributed by atoms with Crippen molar-refractivity contribution in [1.29, 1.82) is 0 Å². The first-order valence-electron chi connectivity index (χ1n) is 28.9. The molecule has 0 fully saturated rings. The molecule has 1 nitrogen and oxygen atoms in total. The van der Waals surface area contributed by atoms with E-state index in [9.17, 15) is 0 Å². The van der Waals surface area contributed by atoms with Crippen molar-refractivity contribution in [2.75, 3.05) is 7.11 Å². The maximum absolute atomic E-state index is 6.37. The monoisotopic (exact) mass is 1060 g/mol. The molecule has 0 aliphatic heterocycles. The number of hydrogen-bond donors (Lipinski definition) is 0. The fourth-order valence-electron chi connectivity index (χ4n) is 11.7. The molecular formula is C73H92OSe. The quantitative estimate of drug-likeness (QED) is 0.0652. The van der Waals surface area contributed by atoms with Gasteiger partial charge in [0.25, 0.3) is 0 Å². The van der Waals surface area contributed by atoms with Crippen LogP contribution >= 0.6 is 0 Å². The van der Waals surface area contributed by atoms with Crippen LogP contribution in [0.1, 0.15) is 229 Å². The Hall–Kier alpha value is -4.98. The normalized spacial score (nSPS) is 12.6. The van der Waals surface area contributed by atoms with Crippen LogP contribution in [0.5, 0.6) is 0 Å². The fraction of sp³-hybridized carbons (Fsp3) is 0.425. The van der Waals surface area contributed by atoms with E-state index < -0.39 is 0 Å². The van der Waals surface area contributed by atoms with Crippen LogP contribution in [0.2, 0.25) is 5.32 Å². The minimum absolute atomic E-state index is 0.0718. The Labute approximate surface area is 462 Å². The second kappa shape index (κ2) is 25.4. The Bertz CT molecular complexity index is 2580.